The normalized spacial score (nSPS) is 18.6. The standard InChI is InChI=1S/C20H21N3O2/c24-18(14-7-2-1-3-8-14)13-15-9-6-12-23(15)20(25)19-16-10-4-5-11-17(16)21-22-19/h1-5,7-8,10-11,15,18,24H,6,9,12-13H2,(H,21,22)/t15-,18+/m0/s1. The molecular weight excluding hydrogens is 314 g/mol. The van der Waals surface area contributed by atoms with Gasteiger partial charge in [0.25, 0.3) is 5.91 Å². The number of benzene rings is 2. The molecule has 0 radical (unpaired) electrons. The summed E-state index contributed by atoms with van der Waals surface area (Å²) in [5.74, 6) is -0.0554. The molecule has 0 aliphatic carbocycles. The Balaban J connectivity index is 1.54. The minimum absolute atomic E-state index is 0.0400. The van der Waals surface area contributed by atoms with Crippen molar-refractivity contribution in [1.29, 1.82) is 0 Å². The van der Waals surface area contributed by atoms with Crippen molar-refractivity contribution in [3.63, 3.8) is 0 Å². The van der Waals surface area contributed by atoms with Gasteiger partial charge in [0.15, 0.2) is 5.69 Å². The van der Waals surface area contributed by atoms with Gasteiger partial charge in [0, 0.05) is 18.0 Å². The van der Waals surface area contributed by atoms with E-state index in [4.69, 9.17) is 0 Å². The van der Waals surface area contributed by atoms with E-state index in [-0.39, 0.29) is 11.9 Å². The first-order chi connectivity index (χ1) is 12.2. The van der Waals surface area contributed by atoms with Crippen molar-refractivity contribution in [2.45, 2.75) is 31.4 Å². The Morgan fingerprint density at radius 1 is 1.20 bits per heavy atom. The monoisotopic (exact) mass is 335 g/mol. The number of rotatable bonds is 4. The number of aromatic amines is 1. The van der Waals surface area contributed by atoms with E-state index in [1.165, 1.54) is 0 Å². The number of likely N-dealkylation sites (tertiary alicyclic amines) is 1. The predicted octanol–water partition coefficient (Wildman–Crippen LogP) is 3.29. The summed E-state index contributed by atoms with van der Waals surface area (Å²) < 4.78 is 0. The Morgan fingerprint density at radius 2 is 1.96 bits per heavy atom. The van der Waals surface area contributed by atoms with Crippen LogP contribution in [0.1, 0.15) is 41.4 Å². The van der Waals surface area contributed by atoms with Crippen molar-refractivity contribution in [2.24, 2.45) is 0 Å². The third-order valence-electron chi connectivity index (χ3n) is 4.99. The number of carbonyl (C=O) groups excluding carboxylic acids is 1. The Morgan fingerprint density at radius 3 is 2.80 bits per heavy atom. The molecule has 128 valence electrons. The van der Waals surface area contributed by atoms with Crippen LogP contribution in [0.4, 0.5) is 0 Å². The zero-order valence-electron chi connectivity index (χ0n) is 13.9. The van der Waals surface area contributed by atoms with E-state index < -0.39 is 6.10 Å². The van der Waals surface area contributed by atoms with Gasteiger partial charge in [-0.25, -0.2) is 0 Å². The van der Waals surface area contributed by atoms with E-state index in [2.05, 4.69) is 10.2 Å². The van der Waals surface area contributed by atoms with Crippen molar-refractivity contribution >= 4 is 16.8 Å². The van der Waals surface area contributed by atoms with E-state index in [1.807, 2.05) is 59.5 Å². The Labute approximate surface area is 146 Å². The second kappa shape index (κ2) is 6.69. The number of fused-ring (bicyclic) bond motifs is 1. The lowest BCUT2D eigenvalue weighted by atomic mass is 10.0. The number of aliphatic hydroxyl groups is 1. The van der Waals surface area contributed by atoms with Crippen LogP contribution in [0.5, 0.6) is 0 Å². The number of para-hydroxylation sites is 1. The van der Waals surface area contributed by atoms with Crippen molar-refractivity contribution in [3.05, 3.63) is 65.9 Å². The number of hydrogen-bond acceptors (Lipinski definition) is 3. The van der Waals surface area contributed by atoms with Crippen molar-refractivity contribution in [1.82, 2.24) is 15.1 Å². The lowest BCUT2D eigenvalue weighted by Gasteiger charge is -2.26. The number of amides is 1. The molecule has 0 unspecified atom stereocenters. The molecule has 5 nitrogen and oxygen atoms in total. The molecule has 4 rings (SSSR count). The van der Waals surface area contributed by atoms with Gasteiger partial charge in [-0.2, -0.15) is 5.10 Å². The van der Waals surface area contributed by atoms with Gasteiger partial charge in [-0.15, -0.1) is 0 Å². The molecule has 2 N–H and O–H groups in total. The van der Waals surface area contributed by atoms with Crippen molar-refractivity contribution in [3.8, 4) is 0 Å². The highest BCUT2D eigenvalue weighted by molar-refractivity contribution is 6.04. The summed E-state index contributed by atoms with van der Waals surface area (Å²) in [7, 11) is 0. The highest BCUT2D eigenvalue weighted by Gasteiger charge is 2.32. The minimum Gasteiger partial charge on any atom is -0.388 e. The lowest BCUT2D eigenvalue weighted by molar-refractivity contribution is 0.0663. The van der Waals surface area contributed by atoms with Crippen LogP contribution in [0.2, 0.25) is 0 Å². The first kappa shape index (κ1) is 15.8. The van der Waals surface area contributed by atoms with E-state index in [0.29, 0.717) is 18.7 Å². The Kier molecular flexibility index (Phi) is 4.24. The molecule has 25 heavy (non-hydrogen) atoms. The van der Waals surface area contributed by atoms with Crippen molar-refractivity contribution < 1.29 is 9.90 Å². The van der Waals surface area contributed by atoms with Crippen LogP contribution in [0.25, 0.3) is 10.9 Å². The van der Waals surface area contributed by atoms with Gasteiger partial charge in [0.05, 0.1) is 11.6 Å². The number of nitrogens with one attached hydrogen (secondary N) is 1. The van der Waals surface area contributed by atoms with Gasteiger partial charge in [-0.05, 0) is 30.9 Å². The molecule has 0 spiro atoms. The Hall–Kier alpha value is -2.66. The second-order valence-corrected chi connectivity index (χ2v) is 6.57. The molecule has 0 bridgehead atoms. The van der Waals surface area contributed by atoms with Gasteiger partial charge in [0.1, 0.15) is 0 Å². The molecule has 2 atom stereocenters. The summed E-state index contributed by atoms with van der Waals surface area (Å²) in [6, 6.07) is 17.3. The topological polar surface area (TPSA) is 69.2 Å². The molecule has 1 fully saturated rings. The molecule has 3 aromatic rings. The van der Waals surface area contributed by atoms with E-state index in [0.717, 1.165) is 29.3 Å². The molecule has 1 amide bonds. The summed E-state index contributed by atoms with van der Waals surface area (Å²) in [5.41, 5.74) is 2.23. The van der Waals surface area contributed by atoms with Gasteiger partial charge < -0.3 is 10.0 Å². The fraction of sp³-hybridized carbons (Fsp3) is 0.300. The van der Waals surface area contributed by atoms with E-state index in [9.17, 15) is 9.90 Å². The highest BCUT2D eigenvalue weighted by Crippen LogP contribution is 2.29. The molecule has 5 heteroatoms. The highest BCUT2D eigenvalue weighted by atomic mass is 16.3. The lowest BCUT2D eigenvalue weighted by Crippen LogP contribution is -2.36. The van der Waals surface area contributed by atoms with Gasteiger partial charge in [0.2, 0.25) is 0 Å². The Bertz CT molecular complexity index is 875. The van der Waals surface area contributed by atoms with Crippen molar-refractivity contribution in [2.75, 3.05) is 6.54 Å². The molecule has 0 saturated carbocycles. The maximum Gasteiger partial charge on any atom is 0.275 e. The van der Waals surface area contributed by atoms with Gasteiger partial charge in [-0.1, -0.05) is 48.5 Å². The van der Waals surface area contributed by atoms with E-state index >= 15 is 0 Å². The molecule has 1 aromatic heterocycles. The van der Waals surface area contributed by atoms with Gasteiger partial charge >= 0.3 is 0 Å². The second-order valence-electron chi connectivity index (χ2n) is 6.57. The average Bonchev–Trinajstić information content (AvgIpc) is 3.29. The molecule has 1 aliphatic rings. The van der Waals surface area contributed by atoms with Crippen LogP contribution in [0.3, 0.4) is 0 Å². The third-order valence-corrected chi connectivity index (χ3v) is 4.99. The minimum atomic E-state index is -0.560. The fourth-order valence-corrected chi connectivity index (χ4v) is 3.68. The number of carbonyl (C=O) groups is 1. The first-order valence-corrected chi connectivity index (χ1v) is 8.71. The zero-order chi connectivity index (χ0) is 17.2. The SMILES string of the molecule is O=C(c1n[nH]c2ccccc12)N1CCC[C@H]1C[C@@H](O)c1ccccc1. The summed E-state index contributed by atoms with van der Waals surface area (Å²) in [6.07, 6.45) is 1.87. The molecular formula is C20H21N3O2. The summed E-state index contributed by atoms with van der Waals surface area (Å²) in [5, 5.41) is 18.5. The zero-order valence-corrected chi connectivity index (χ0v) is 13.9. The summed E-state index contributed by atoms with van der Waals surface area (Å²) in [6.45, 7) is 0.714. The van der Waals surface area contributed by atoms with Gasteiger partial charge in [-0.3, -0.25) is 9.89 Å². The largest absolute Gasteiger partial charge is 0.388 e. The predicted molar refractivity (Wildman–Crippen MR) is 96.2 cm³/mol. The number of aromatic nitrogens is 2. The number of aliphatic hydroxyl groups excluding tert-OH is 1. The smallest absolute Gasteiger partial charge is 0.275 e. The molecule has 2 heterocycles. The number of H-pyrrole nitrogens is 1. The first-order valence-electron chi connectivity index (χ1n) is 8.71. The number of nitrogens with zero attached hydrogens (tertiary/aromatic N) is 2. The fourth-order valence-electron chi connectivity index (χ4n) is 3.68. The van der Waals surface area contributed by atoms with Crippen LogP contribution in [-0.4, -0.2) is 38.7 Å². The maximum atomic E-state index is 13.0. The summed E-state index contributed by atoms with van der Waals surface area (Å²) >= 11 is 0. The molecule has 1 saturated heterocycles. The molecule has 1 aliphatic heterocycles. The van der Waals surface area contributed by atoms with Crippen LogP contribution in [0.15, 0.2) is 54.6 Å². The van der Waals surface area contributed by atoms with E-state index in [1.54, 1.807) is 0 Å². The average molecular weight is 335 g/mol. The maximum absolute atomic E-state index is 13.0. The summed E-state index contributed by atoms with van der Waals surface area (Å²) in [4.78, 5) is 14.9. The van der Waals surface area contributed by atoms with Crippen LogP contribution in [-0.2, 0) is 0 Å². The van der Waals surface area contributed by atoms with Crippen LogP contribution >= 0.6 is 0 Å². The third kappa shape index (κ3) is 3.03. The quantitative estimate of drug-likeness (QED) is 0.769. The van der Waals surface area contributed by atoms with Crippen LogP contribution < -0.4 is 0 Å². The number of hydrogen-bond donors (Lipinski definition) is 2. The van der Waals surface area contributed by atoms with Crippen LogP contribution in [0, 0.1) is 0 Å². The molecule has 2 aromatic carbocycles.